The zero-order valence-electron chi connectivity index (χ0n) is 15.2. The number of hydrogen-bond donors (Lipinski definition) is 0. The predicted molar refractivity (Wildman–Crippen MR) is 97.3 cm³/mol. The van der Waals surface area contributed by atoms with Crippen molar-refractivity contribution in [2.24, 2.45) is 0 Å². The molecule has 0 fully saturated rings. The second kappa shape index (κ2) is 6.90. The quantitative estimate of drug-likeness (QED) is 0.517. The molecule has 1 aliphatic rings. The zero-order chi connectivity index (χ0) is 19.0. The Bertz CT molecular complexity index is 1030. The smallest absolute Gasteiger partial charge is 0.357 e. The van der Waals surface area contributed by atoms with Gasteiger partial charge in [-0.15, -0.1) is 0 Å². The maximum atomic E-state index is 14.1. The summed E-state index contributed by atoms with van der Waals surface area (Å²) in [6.45, 7) is 4.09. The molecule has 3 aromatic rings. The van der Waals surface area contributed by atoms with Crippen LogP contribution in [0.25, 0.3) is 16.9 Å². The second-order valence-electron chi connectivity index (χ2n) is 6.36. The standard InChI is InChI=1S/C20H19FN4O2/c1-3-5-17-22-10-13-9-15-18(23-11-24-19(15)20(26)27-4-2)14-7-6-12(21)8-16(14)25(13)17/h6-8,10-11H,3-5,9H2,1-2H3. The minimum atomic E-state index is -0.485. The Morgan fingerprint density at radius 2 is 2.11 bits per heavy atom. The Balaban J connectivity index is 2.01. The lowest BCUT2D eigenvalue weighted by atomic mass is 10.0. The molecule has 0 radical (unpaired) electrons. The molecule has 2 aromatic heterocycles. The van der Waals surface area contributed by atoms with Crippen LogP contribution < -0.4 is 0 Å². The van der Waals surface area contributed by atoms with E-state index in [1.54, 1.807) is 19.2 Å². The minimum Gasteiger partial charge on any atom is -0.461 e. The average Bonchev–Trinajstić information content (AvgIpc) is 2.98. The molecule has 0 N–H and O–H groups in total. The maximum absolute atomic E-state index is 14.1. The summed E-state index contributed by atoms with van der Waals surface area (Å²) < 4.78 is 21.2. The lowest BCUT2D eigenvalue weighted by molar-refractivity contribution is 0.0518. The fourth-order valence-electron chi connectivity index (χ4n) is 3.51. The third kappa shape index (κ3) is 2.89. The van der Waals surface area contributed by atoms with Crippen LogP contribution in [-0.4, -0.2) is 32.1 Å². The number of imidazole rings is 1. The van der Waals surface area contributed by atoms with E-state index in [1.165, 1.54) is 18.5 Å². The molecule has 0 saturated heterocycles. The van der Waals surface area contributed by atoms with E-state index in [0.29, 0.717) is 23.4 Å². The van der Waals surface area contributed by atoms with Crippen molar-refractivity contribution in [3.63, 3.8) is 0 Å². The number of rotatable bonds is 4. The van der Waals surface area contributed by atoms with Crippen molar-refractivity contribution in [1.29, 1.82) is 0 Å². The Kier molecular flexibility index (Phi) is 4.43. The molecule has 0 unspecified atom stereocenters. The molecular formula is C20H19FN4O2. The second-order valence-corrected chi connectivity index (χ2v) is 6.36. The highest BCUT2D eigenvalue weighted by atomic mass is 19.1. The molecule has 0 bridgehead atoms. The summed E-state index contributed by atoms with van der Waals surface area (Å²) in [5.74, 6) is 0.0401. The van der Waals surface area contributed by atoms with Crippen molar-refractivity contribution in [3.8, 4) is 16.9 Å². The van der Waals surface area contributed by atoms with Gasteiger partial charge in [-0.1, -0.05) is 6.92 Å². The SMILES string of the molecule is CCCc1ncc2n1-c1cc(F)ccc1-c1ncnc(C(=O)OCC)c1C2. The van der Waals surface area contributed by atoms with Gasteiger partial charge in [0.25, 0.3) is 0 Å². The number of ether oxygens (including phenoxy) is 1. The number of esters is 1. The summed E-state index contributed by atoms with van der Waals surface area (Å²) in [6, 6.07) is 4.58. The van der Waals surface area contributed by atoms with Crippen LogP contribution in [0, 0.1) is 5.82 Å². The van der Waals surface area contributed by atoms with E-state index in [4.69, 9.17) is 4.74 Å². The number of fused-ring (bicyclic) bond motifs is 5. The van der Waals surface area contributed by atoms with E-state index in [1.807, 2.05) is 4.57 Å². The molecular weight excluding hydrogens is 347 g/mol. The van der Waals surface area contributed by atoms with Crippen molar-refractivity contribution >= 4 is 5.97 Å². The van der Waals surface area contributed by atoms with Crippen molar-refractivity contribution in [3.05, 3.63) is 59.3 Å². The van der Waals surface area contributed by atoms with Crippen LogP contribution in [0.5, 0.6) is 0 Å². The first kappa shape index (κ1) is 17.3. The van der Waals surface area contributed by atoms with E-state index in [-0.39, 0.29) is 18.1 Å². The fraction of sp³-hybridized carbons (Fsp3) is 0.300. The topological polar surface area (TPSA) is 69.9 Å². The number of carbonyl (C=O) groups excluding carboxylic acids is 1. The van der Waals surface area contributed by atoms with E-state index >= 15 is 0 Å². The number of aromatic nitrogens is 4. The third-order valence-corrected chi connectivity index (χ3v) is 4.61. The Morgan fingerprint density at radius 1 is 1.26 bits per heavy atom. The van der Waals surface area contributed by atoms with Crippen LogP contribution in [0.2, 0.25) is 0 Å². The fourth-order valence-corrected chi connectivity index (χ4v) is 3.51. The third-order valence-electron chi connectivity index (χ3n) is 4.61. The molecule has 0 saturated carbocycles. The van der Waals surface area contributed by atoms with Gasteiger partial charge in [0.1, 0.15) is 18.0 Å². The minimum absolute atomic E-state index is 0.240. The van der Waals surface area contributed by atoms with Gasteiger partial charge < -0.3 is 4.74 Å². The normalized spacial score (nSPS) is 12.0. The van der Waals surface area contributed by atoms with E-state index in [2.05, 4.69) is 21.9 Å². The van der Waals surface area contributed by atoms with Crippen LogP contribution in [0.15, 0.2) is 30.7 Å². The van der Waals surface area contributed by atoms with Crippen LogP contribution in [0.3, 0.4) is 0 Å². The summed E-state index contributed by atoms with van der Waals surface area (Å²) in [7, 11) is 0. The molecule has 6 nitrogen and oxygen atoms in total. The Hall–Kier alpha value is -3.09. The van der Waals surface area contributed by atoms with Gasteiger partial charge in [0, 0.05) is 35.9 Å². The highest BCUT2D eigenvalue weighted by molar-refractivity contribution is 5.92. The lowest BCUT2D eigenvalue weighted by Crippen LogP contribution is -2.12. The molecule has 3 heterocycles. The van der Waals surface area contributed by atoms with Crippen molar-refractivity contribution in [2.75, 3.05) is 6.61 Å². The maximum Gasteiger partial charge on any atom is 0.357 e. The molecule has 1 aliphatic heterocycles. The van der Waals surface area contributed by atoms with Crippen molar-refractivity contribution < 1.29 is 13.9 Å². The lowest BCUT2D eigenvalue weighted by Gasteiger charge is -2.13. The van der Waals surface area contributed by atoms with Crippen LogP contribution in [0.4, 0.5) is 4.39 Å². The van der Waals surface area contributed by atoms with E-state index in [9.17, 15) is 9.18 Å². The molecule has 0 amide bonds. The van der Waals surface area contributed by atoms with Gasteiger partial charge in [0.05, 0.1) is 18.0 Å². The highest BCUT2D eigenvalue weighted by Gasteiger charge is 2.28. The molecule has 0 spiro atoms. The Labute approximate surface area is 156 Å². The first-order valence-corrected chi connectivity index (χ1v) is 9.00. The van der Waals surface area contributed by atoms with E-state index in [0.717, 1.165) is 29.9 Å². The summed E-state index contributed by atoms with van der Waals surface area (Å²) in [6.07, 6.45) is 5.22. The van der Waals surface area contributed by atoms with Gasteiger partial charge in [-0.05, 0) is 31.5 Å². The zero-order valence-corrected chi connectivity index (χ0v) is 15.2. The van der Waals surface area contributed by atoms with Gasteiger partial charge in [-0.25, -0.2) is 24.1 Å². The van der Waals surface area contributed by atoms with Crippen LogP contribution in [-0.2, 0) is 17.6 Å². The summed E-state index contributed by atoms with van der Waals surface area (Å²) in [5.41, 5.74) is 3.82. The first-order chi connectivity index (χ1) is 13.1. The van der Waals surface area contributed by atoms with Crippen molar-refractivity contribution in [2.45, 2.75) is 33.1 Å². The largest absolute Gasteiger partial charge is 0.461 e. The number of carbonyl (C=O) groups is 1. The van der Waals surface area contributed by atoms with Gasteiger partial charge >= 0.3 is 5.97 Å². The molecule has 0 atom stereocenters. The molecule has 0 aliphatic carbocycles. The van der Waals surface area contributed by atoms with Gasteiger partial charge in [0.2, 0.25) is 0 Å². The molecule has 138 valence electrons. The van der Waals surface area contributed by atoms with Crippen LogP contribution >= 0.6 is 0 Å². The van der Waals surface area contributed by atoms with Crippen LogP contribution in [0.1, 0.15) is 47.8 Å². The Morgan fingerprint density at radius 3 is 2.89 bits per heavy atom. The predicted octanol–water partition coefficient (Wildman–Crippen LogP) is 3.50. The summed E-state index contributed by atoms with van der Waals surface area (Å²) in [5, 5.41) is 0. The molecule has 4 rings (SSSR count). The van der Waals surface area contributed by atoms with E-state index < -0.39 is 5.97 Å². The molecule has 7 heteroatoms. The summed E-state index contributed by atoms with van der Waals surface area (Å²) in [4.78, 5) is 25.5. The number of halogens is 1. The number of aryl methyl sites for hydroxylation is 1. The summed E-state index contributed by atoms with van der Waals surface area (Å²) >= 11 is 0. The van der Waals surface area contributed by atoms with Gasteiger partial charge in [0.15, 0.2) is 5.69 Å². The number of benzene rings is 1. The average molecular weight is 366 g/mol. The number of hydrogen-bond acceptors (Lipinski definition) is 5. The highest BCUT2D eigenvalue weighted by Crippen LogP contribution is 2.36. The number of nitrogens with zero attached hydrogens (tertiary/aromatic N) is 4. The molecule has 27 heavy (non-hydrogen) atoms. The van der Waals surface area contributed by atoms with Crippen molar-refractivity contribution in [1.82, 2.24) is 19.5 Å². The monoisotopic (exact) mass is 366 g/mol. The van der Waals surface area contributed by atoms with Gasteiger partial charge in [-0.3, -0.25) is 4.57 Å². The first-order valence-electron chi connectivity index (χ1n) is 9.00. The molecule has 1 aromatic carbocycles. The van der Waals surface area contributed by atoms with Gasteiger partial charge in [-0.2, -0.15) is 0 Å².